The smallest absolute Gasteiger partial charge is 0.196 e. The summed E-state index contributed by atoms with van der Waals surface area (Å²) in [5.74, 6) is 1.49. The molecule has 28 heavy (non-hydrogen) atoms. The van der Waals surface area contributed by atoms with E-state index in [1.165, 1.54) is 0 Å². The van der Waals surface area contributed by atoms with Gasteiger partial charge in [0.25, 0.3) is 0 Å². The third-order valence-electron chi connectivity index (χ3n) is 4.69. The van der Waals surface area contributed by atoms with Crippen molar-refractivity contribution in [1.29, 1.82) is 0 Å². The topological polar surface area (TPSA) is 56.7 Å². The SMILES string of the molecule is COc1ccc2c(C)cc3nnc(SCc4cn5cc(Cl)ccc5n4)n3c2c1. The fourth-order valence-electron chi connectivity index (χ4n) is 3.35. The fraction of sp³-hybridized carbons (Fsp3) is 0.150. The standard InChI is InChI=1S/C20H16ClN5OS/c1-12-7-19-23-24-20(26(19)17-8-15(27-2)4-5-16(12)17)28-11-14-10-25-9-13(21)3-6-18(25)22-14/h3-10H,11H2,1-2H3. The van der Waals surface area contributed by atoms with Gasteiger partial charge in [-0.15, -0.1) is 10.2 Å². The van der Waals surface area contributed by atoms with Crippen molar-refractivity contribution in [3.63, 3.8) is 0 Å². The van der Waals surface area contributed by atoms with Gasteiger partial charge in [-0.3, -0.25) is 4.40 Å². The molecule has 8 heteroatoms. The van der Waals surface area contributed by atoms with Crippen LogP contribution in [0.1, 0.15) is 11.3 Å². The number of nitrogens with zero attached hydrogens (tertiary/aromatic N) is 5. The third kappa shape index (κ3) is 2.87. The lowest BCUT2D eigenvalue weighted by molar-refractivity contribution is 0.415. The van der Waals surface area contributed by atoms with E-state index in [0.29, 0.717) is 10.8 Å². The maximum Gasteiger partial charge on any atom is 0.196 e. The zero-order valence-corrected chi connectivity index (χ0v) is 16.8. The Morgan fingerprint density at radius 1 is 1.07 bits per heavy atom. The molecule has 4 aromatic heterocycles. The van der Waals surface area contributed by atoms with Crippen LogP contribution in [-0.4, -0.2) is 31.1 Å². The molecule has 6 nitrogen and oxygen atoms in total. The average molecular weight is 410 g/mol. The number of rotatable bonds is 4. The molecule has 0 saturated carbocycles. The summed E-state index contributed by atoms with van der Waals surface area (Å²) in [6.07, 6.45) is 3.84. The molecule has 0 fully saturated rings. The zero-order valence-electron chi connectivity index (χ0n) is 15.3. The number of fused-ring (bicyclic) bond motifs is 4. The molecule has 0 unspecified atom stereocenters. The van der Waals surface area contributed by atoms with Crippen LogP contribution >= 0.6 is 23.4 Å². The molecule has 0 bridgehead atoms. The number of aryl methyl sites for hydroxylation is 1. The van der Waals surface area contributed by atoms with Gasteiger partial charge >= 0.3 is 0 Å². The fourth-order valence-corrected chi connectivity index (χ4v) is 4.35. The number of hydrogen-bond acceptors (Lipinski definition) is 5. The zero-order chi connectivity index (χ0) is 19.3. The molecule has 0 atom stereocenters. The molecule has 0 saturated heterocycles. The Balaban J connectivity index is 1.55. The number of imidazole rings is 1. The monoisotopic (exact) mass is 409 g/mol. The van der Waals surface area contributed by atoms with E-state index in [1.54, 1.807) is 18.9 Å². The van der Waals surface area contributed by atoms with E-state index in [-0.39, 0.29) is 0 Å². The first-order chi connectivity index (χ1) is 13.6. The predicted molar refractivity (Wildman–Crippen MR) is 112 cm³/mol. The number of halogens is 1. The second-order valence-corrected chi connectivity index (χ2v) is 7.90. The van der Waals surface area contributed by atoms with Gasteiger partial charge in [-0.1, -0.05) is 23.4 Å². The lowest BCUT2D eigenvalue weighted by Gasteiger charge is -2.09. The summed E-state index contributed by atoms with van der Waals surface area (Å²) >= 11 is 7.66. The number of thioether (sulfide) groups is 1. The van der Waals surface area contributed by atoms with Gasteiger partial charge in [0.2, 0.25) is 0 Å². The van der Waals surface area contributed by atoms with Gasteiger partial charge in [-0.05, 0) is 42.8 Å². The minimum Gasteiger partial charge on any atom is -0.497 e. The lowest BCUT2D eigenvalue weighted by Crippen LogP contribution is -1.94. The van der Waals surface area contributed by atoms with Crippen molar-refractivity contribution in [2.45, 2.75) is 17.8 Å². The Kier molecular flexibility index (Phi) is 4.14. The van der Waals surface area contributed by atoms with Gasteiger partial charge in [0, 0.05) is 29.6 Å². The number of benzene rings is 1. The van der Waals surface area contributed by atoms with Crippen LogP contribution in [0, 0.1) is 6.92 Å². The summed E-state index contributed by atoms with van der Waals surface area (Å²) in [5, 5.41) is 11.4. The van der Waals surface area contributed by atoms with Crippen LogP contribution < -0.4 is 4.74 Å². The number of hydrogen-bond donors (Lipinski definition) is 0. The molecule has 0 aliphatic rings. The molecule has 5 aromatic rings. The van der Waals surface area contributed by atoms with Crippen molar-refractivity contribution in [3.8, 4) is 5.75 Å². The molecule has 0 aliphatic carbocycles. The maximum atomic E-state index is 6.06. The summed E-state index contributed by atoms with van der Waals surface area (Å²) in [6.45, 7) is 2.08. The summed E-state index contributed by atoms with van der Waals surface area (Å²) < 4.78 is 9.42. The molecule has 1 aromatic carbocycles. The number of aromatic nitrogens is 5. The van der Waals surface area contributed by atoms with E-state index in [1.807, 2.05) is 41.1 Å². The van der Waals surface area contributed by atoms with E-state index in [0.717, 1.165) is 44.4 Å². The van der Waals surface area contributed by atoms with Crippen molar-refractivity contribution < 1.29 is 4.74 Å². The summed E-state index contributed by atoms with van der Waals surface area (Å²) in [5.41, 5.74) is 4.84. The quantitative estimate of drug-likeness (QED) is 0.399. The minimum atomic E-state index is 0.680. The van der Waals surface area contributed by atoms with E-state index >= 15 is 0 Å². The summed E-state index contributed by atoms with van der Waals surface area (Å²) in [4.78, 5) is 4.64. The van der Waals surface area contributed by atoms with Crippen molar-refractivity contribution in [3.05, 3.63) is 65.1 Å². The highest BCUT2D eigenvalue weighted by atomic mass is 35.5. The highest BCUT2D eigenvalue weighted by Gasteiger charge is 2.13. The third-order valence-corrected chi connectivity index (χ3v) is 5.87. The highest BCUT2D eigenvalue weighted by molar-refractivity contribution is 7.98. The van der Waals surface area contributed by atoms with Gasteiger partial charge in [0.15, 0.2) is 10.8 Å². The van der Waals surface area contributed by atoms with Crippen LogP contribution in [0.5, 0.6) is 5.75 Å². The molecule has 0 radical (unpaired) electrons. The van der Waals surface area contributed by atoms with Crippen LogP contribution in [0.15, 0.2) is 53.9 Å². The Labute approximate surface area is 170 Å². The second kappa shape index (κ2) is 6.68. The van der Waals surface area contributed by atoms with Gasteiger partial charge in [-0.25, -0.2) is 4.98 Å². The molecule has 4 heterocycles. The van der Waals surface area contributed by atoms with Crippen LogP contribution in [0.25, 0.3) is 22.2 Å². The maximum absolute atomic E-state index is 6.06. The molecule has 0 amide bonds. The first kappa shape index (κ1) is 17.3. The first-order valence-corrected chi connectivity index (χ1v) is 10.1. The van der Waals surface area contributed by atoms with Gasteiger partial charge in [0.05, 0.1) is 23.3 Å². The molecule has 0 aliphatic heterocycles. The highest BCUT2D eigenvalue weighted by Crippen LogP contribution is 2.29. The Bertz CT molecular complexity index is 1340. The van der Waals surface area contributed by atoms with Crippen molar-refractivity contribution in [2.24, 2.45) is 0 Å². The van der Waals surface area contributed by atoms with Gasteiger partial charge in [0.1, 0.15) is 11.4 Å². The van der Waals surface area contributed by atoms with Crippen LogP contribution in [0.3, 0.4) is 0 Å². The molecular weight excluding hydrogens is 394 g/mol. The number of pyridine rings is 2. The Morgan fingerprint density at radius 2 is 1.96 bits per heavy atom. The molecule has 0 N–H and O–H groups in total. The van der Waals surface area contributed by atoms with Crippen LogP contribution in [-0.2, 0) is 5.75 Å². The number of methoxy groups -OCH3 is 1. The summed E-state index contributed by atoms with van der Waals surface area (Å²) in [7, 11) is 1.67. The second-order valence-electron chi connectivity index (χ2n) is 6.52. The predicted octanol–water partition coefficient (Wildman–Crippen LogP) is 4.79. The summed E-state index contributed by atoms with van der Waals surface area (Å²) in [6, 6.07) is 11.9. The molecule has 0 spiro atoms. The minimum absolute atomic E-state index is 0.680. The van der Waals surface area contributed by atoms with Crippen LogP contribution in [0.2, 0.25) is 5.02 Å². The van der Waals surface area contributed by atoms with Crippen molar-refractivity contribution >= 4 is 45.6 Å². The average Bonchev–Trinajstić information content (AvgIpc) is 3.29. The number of ether oxygens (including phenoxy) is 1. The van der Waals surface area contributed by atoms with Crippen molar-refractivity contribution in [2.75, 3.05) is 7.11 Å². The molecule has 140 valence electrons. The van der Waals surface area contributed by atoms with E-state index in [2.05, 4.69) is 38.6 Å². The van der Waals surface area contributed by atoms with E-state index < -0.39 is 0 Å². The van der Waals surface area contributed by atoms with E-state index in [4.69, 9.17) is 16.3 Å². The molecule has 5 rings (SSSR count). The van der Waals surface area contributed by atoms with E-state index in [9.17, 15) is 0 Å². The van der Waals surface area contributed by atoms with Crippen molar-refractivity contribution in [1.82, 2.24) is 24.0 Å². The Morgan fingerprint density at radius 3 is 2.82 bits per heavy atom. The first-order valence-electron chi connectivity index (χ1n) is 8.71. The Hall–Kier alpha value is -2.77. The van der Waals surface area contributed by atoms with Gasteiger partial charge in [-0.2, -0.15) is 0 Å². The molecular formula is C20H16ClN5OS. The lowest BCUT2D eigenvalue weighted by atomic mass is 10.1. The largest absolute Gasteiger partial charge is 0.497 e. The normalized spacial score (nSPS) is 11.7. The van der Waals surface area contributed by atoms with Gasteiger partial charge < -0.3 is 9.14 Å². The van der Waals surface area contributed by atoms with Crippen LogP contribution in [0.4, 0.5) is 0 Å².